The Kier molecular flexibility index (Phi) is 4.78. The first-order valence-corrected chi connectivity index (χ1v) is 10.4. The van der Waals surface area contributed by atoms with Gasteiger partial charge in [0.25, 0.3) is 0 Å². The van der Waals surface area contributed by atoms with E-state index in [9.17, 15) is 0 Å². The molecule has 2 aromatic carbocycles. The van der Waals surface area contributed by atoms with Crippen molar-refractivity contribution in [2.24, 2.45) is 0 Å². The molecule has 122 valence electrons. The Morgan fingerprint density at radius 2 is 0.920 bits per heavy atom. The molecule has 0 saturated heterocycles. The van der Waals surface area contributed by atoms with E-state index in [1.807, 2.05) is 36.7 Å². The first kappa shape index (κ1) is 15.9. The van der Waals surface area contributed by atoms with Crippen molar-refractivity contribution < 1.29 is 17.7 Å². The summed E-state index contributed by atoms with van der Waals surface area (Å²) in [6.45, 7) is 0. The van der Waals surface area contributed by atoms with Crippen LogP contribution in [-0.2, 0) is 17.7 Å². The van der Waals surface area contributed by atoms with Crippen LogP contribution in [0.4, 0.5) is 0 Å². The third kappa shape index (κ3) is 3.58. The summed E-state index contributed by atoms with van der Waals surface area (Å²) >= 11 is -0.554. The van der Waals surface area contributed by atoms with Crippen molar-refractivity contribution in [2.75, 3.05) is 0 Å². The molecule has 3 heteroatoms. The maximum atomic E-state index is 4.66. The second-order valence-corrected chi connectivity index (χ2v) is 8.61. The molecule has 4 aromatic rings. The van der Waals surface area contributed by atoms with Crippen molar-refractivity contribution in [2.45, 2.75) is 0 Å². The molecule has 0 radical (unpaired) electrons. The summed E-state index contributed by atoms with van der Waals surface area (Å²) in [7, 11) is 0. The summed E-state index contributed by atoms with van der Waals surface area (Å²) in [6.07, 6.45) is 3.75. The van der Waals surface area contributed by atoms with E-state index < -0.39 is 17.7 Å². The van der Waals surface area contributed by atoms with E-state index in [4.69, 9.17) is 0 Å². The van der Waals surface area contributed by atoms with Crippen molar-refractivity contribution >= 4 is 8.15 Å². The van der Waals surface area contributed by atoms with Crippen molar-refractivity contribution in [3.05, 3.63) is 97.3 Å². The van der Waals surface area contributed by atoms with Gasteiger partial charge < -0.3 is 0 Å². The molecule has 0 spiro atoms. The van der Waals surface area contributed by atoms with Gasteiger partial charge in [0, 0.05) is 0 Å². The van der Waals surface area contributed by atoms with E-state index in [2.05, 4.69) is 70.6 Å². The van der Waals surface area contributed by atoms with Gasteiger partial charge in [-0.1, -0.05) is 0 Å². The van der Waals surface area contributed by atoms with Crippen LogP contribution in [0.5, 0.6) is 0 Å². The Balaban J connectivity index is 1.76. The number of nitrogens with zero attached hydrogens (tertiary/aromatic N) is 2. The molecular formula is C22H16IrN2+. The van der Waals surface area contributed by atoms with Crippen molar-refractivity contribution in [1.82, 2.24) is 9.97 Å². The quantitative estimate of drug-likeness (QED) is 0.426. The average Bonchev–Trinajstić information content (AvgIpc) is 2.70. The van der Waals surface area contributed by atoms with Gasteiger partial charge in [-0.05, 0) is 0 Å². The fraction of sp³-hybridized carbons (Fsp3) is 0. The zero-order valence-electron chi connectivity index (χ0n) is 13.5. The van der Waals surface area contributed by atoms with Crippen molar-refractivity contribution in [3.63, 3.8) is 0 Å². The molecule has 0 fully saturated rings. The Labute approximate surface area is 155 Å². The normalized spacial score (nSPS) is 10.7. The predicted molar refractivity (Wildman–Crippen MR) is 98.6 cm³/mol. The van der Waals surface area contributed by atoms with Crippen LogP contribution >= 0.6 is 0 Å². The molecule has 0 bridgehead atoms. The van der Waals surface area contributed by atoms with Crippen LogP contribution in [0.2, 0.25) is 0 Å². The molecule has 2 aromatic heterocycles. The van der Waals surface area contributed by atoms with Crippen LogP contribution in [0.15, 0.2) is 97.3 Å². The topological polar surface area (TPSA) is 25.8 Å². The molecule has 0 amide bonds. The molecule has 0 unspecified atom stereocenters. The molecule has 25 heavy (non-hydrogen) atoms. The van der Waals surface area contributed by atoms with Crippen LogP contribution < -0.4 is 8.15 Å². The van der Waals surface area contributed by atoms with Gasteiger partial charge in [0.1, 0.15) is 0 Å². The number of pyridine rings is 2. The summed E-state index contributed by atoms with van der Waals surface area (Å²) in [5, 5.41) is 0. The fourth-order valence-electron chi connectivity index (χ4n) is 2.59. The predicted octanol–water partition coefficient (Wildman–Crippen LogP) is 3.84. The van der Waals surface area contributed by atoms with Gasteiger partial charge >= 0.3 is 156 Å². The molecule has 0 N–H and O–H groups in total. The Hall–Kier alpha value is -2.61. The first-order chi connectivity index (χ1) is 12.4. The maximum absolute atomic E-state index is 4.66. The van der Waals surface area contributed by atoms with Gasteiger partial charge in [0.15, 0.2) is 0 Å². The molecule has 0 aliphatic carbocycles. The van der Waals surface area contributed by atoms with Gasteiger partial charge in [-0.3, -0.25) is 0 Å². The molecule has 0 aliphatic heterocycles. The average molecular weight is 501 g/mol. The molecule has 4 rings (SSSR count). The van der Waals surface area contributed by atoms with Crippen LogP contribution in [0.25, 0.3) is 22.5 Å². The van der Waals surface area contributed by atoms with Crippen LogP contribution in [-0.4, -0.2) is 9.97 Å². The van der Waals surface area contributed by atoms with Gasteiger partial charge in [0.05, 0.1) is 0 Å². The number of benzene rings is 2. The SMILES string of the molecule is c1ccc(-c2nccc[c]2[Ir+][c]2cccnc2-c2ccccc2)cc1. The molecule has 2 nitrogen and oxygen atoms in total. The Bertz CT molecular complexity index is 888. The molecule has 0 atom stereocenters. The fourth-order valence-corrected chi connectivity index (χ4v) is 5.72. The van der Waals surface area contributed by atoms with Crippen molar-refractivity contribution in [3.8, 4) is 22.5 Å². The number of rotatable bonds is 4. The van der Waals surface area contributed by atoms with Crippen molar-refractivity contribution in [1.29, 1.82) is 0 Å². The van der Waals surface area contributed by atoms with Gasteiger partial charge in [-0.2, -0.15) is 0 Å². The molecule has 0 saturated carbocycles. The summed E-state index contributed by atoms with van der Waals surface area (Å²) in [4.78, 5) is 9.32. The van der Waals surface area contributed by atoms with Gasteiger partial charge in [-0.15, -0.1) is 0 Å². The van der Waals surface area contributed by atoms with Crippen LogP contribution in [0.3, 0.4) is 0 Å². The summed E-state index contributed by atoms with van der Waals surface area (Å²) < 4.78 is 2.66. The van der Waals surface area contributed by atoms with E-state index in [-0.39, 0.29) is 0 Å². The monoisotopic (exact) mass is 501 g/mol. The minimum atomic E-state index is -0.554. The Morgan fingerprint density at radius 3 is 1.36 bits per heavy atom. The number of hydrogen-bond acceptors (Lipinski definition) is 2. The van der Waals surface area contributed by atoms with Crippen LogP contribution in [0.1, 0.15) is 0 Å². The number of aromatic nitrogens is 2. The van der Waals surface area contributed by atoms with Crippen LogP contribution in [0, 0.1) is 0 Å². The second kappa shape index (κ2) is 7.52. The zero-order valence-corrected chi connectivity index (χ0v) is 15.9. The molecule has 0 aliphatic rings. The number of hydrogen-bond donors (Lipinski definition) is 0. The summed E-state index contributed by atoms with van der Waals surface area (Å²) in [5.41, 5.74) is 4.52. The van der Waals surface area contributed by atoms with E-state index in [1.54, 1.807) is 0 Å². The first-order valence-electron chi connectivity index (χ1n) is 8.03. The van der Waals surface area contributed by atoms with E-state index in [0.29, 0.717) is 0 Å². The summed E-state index contributed by atoms with van der Waals surface area (Å²) in [6, 6.07) is 29.3. The Morgan fingerprint density at radius 1 is 0.480 bits per heavy atom. The zero-order chi connectivity index (χ0) is 16.9. The third-order valence-corrected chi connectivity index (χ3v) is 6.98. The van der Waals surface area contributed by atoms with E-state index in [1.165, 1.54) is 19.3 Å². The van der Waals surface area contributed by atoms with Gasteiger partial charge in [-0.25, -0.2) is 0 Å². The standard InChI is InChI=1S/2C11H8N.Ir/c2*1-2-6-10(7-3-1)11-8-4-5-9-12-11;/h2*1-7,9H;/q;;+1. The van der Waals surface area contributed by atoms with E-state index >= 15 is 0 Å². The molecular weight excluding hydrogens is 484 g/mol. The summed E-state index contributed by atoms with van der Waals surface area (Å²) in [5.74, 6) is 0. The van der Waals surface area contributed by atoms with E-state index in [0.717, 1.165) is 11.4 Å². The minimum absolute atomic E-state index is 0.554. The third-order valence-electron chi connectivity index (χ3n) is 3.75. The molecule has 2 heterocycles. The van der Waals surface area contributed by atoms with Gasteiger partial charge in [0.2, 0.25) is 0 Å². The second-order valence-electron chi connectivity index (χ2n) is 5.43.